The van der Waals surface area contributed by atoms with E-state index in [-0.39, 0.29) is 18.5 Å². The van der Waals surface area contributed by atoms with Gasteiger partial charge in [-0.1, -0.05) is 12.8 Å². The predicted octanol–water partition coefficient (Wildman–Crippen LogP) is 0.211. The van der Waals surface area contributed by atoms with Gasteiger partial charge in [0.25, 0.3) is 0 Å². The van der Waals surface area contributed by atoms with Crippen LogP contribution in [0, 0.1) is 11.8 Å². The molecule has 0 aromatic rings. The molecule has 2 fully saturated rings. The van der Waals surface area contributed by atoms with Crippen LogP contribution < -0.4 is 15.5 Å². The number of ether oxygens (including phenoxy) is 1. The van der Waals surface area contributed by atoms with E-state index < -0.39 is 0 Å². The molecule has 2 amide bonds. The molecular formula is C17H28N3O3+. The number of quaternary nitrogens is 1. The molecule has 3 aliphatic rings. The summed E-state index contributed by atoms with van der Waals surface area (Å²) in [5, 5.41) is 5.50. The summed E-state index contributed by atoms with van der Waals surface area (Å²) in [6.45, 7) is 5.41. The van der Waals surface area contributed by atoms with Gasteiger partial charge in [-0.25, -0.2) is 9.59 Å². The fourth-order valence-electron chi connectivity index (χ4n) is 4.30. The summed E-state index contributed by atoms with van der Waals surface area (Å²) in [4.78, 5) is 25.2. The molecule has 1 saturated heterocycles. The smallest absolute Gasteiger partial charge is 0.337 e. The number of carbonyl (C=O) groups excluding carboxylic acids is 2. The molecule has 1 aliphatic carbocycles. The van der Waals surface area contributed by atoms with Gasteiger partial charge in [-0.05, 0) is 32.1 Å². The molecule has 0 aromatic carbocycles. The summed E-state index contributed by atoms with van der Waals surface area (Å²) in [6, 6.07) is -0.222. The molecule has 0 spiro atoms. The number of fused-ring (bicyclic) bond motifs is 1. The lowest BCUT2D eigenvalue weighted by atomic mass is 9.75. The largest absolute Gasteiger partial charge is 0.463 e. The highest BCUT2D eigenvalue weighted by Gasteiger charge is 2.35. The second kappa shape index (κ2) is 7.34. The number of carbonyl (C=O) groups is 2. The van der Waals surface area contributed by atoms with E-state index in [1.54, 1.807) is 6.92 Å². The molecule has 0 radical (unpaired) electrons. The lowest BCUT2D eigenvalue weighted by Crippen LogP contribution is -3.14. The number of nitrogens with one attached hydrogen (secondary N) is 3. The first-order chi connectivity index (χ1) is 11.2. The van der Waals surface area contributed by atoms with Crippen molar-refractivity contribution < 1.29 is 19.2 Å². The van der Waals surface area contributed by atoms with Gasteiger partial charge in [0.05, 0.1) is 37.5 Å². The standard InChI is InChI=1S/C17H27N3O3/c1-2-23-16(21)14-9-18-17(22)19-15(14)11-20-8-7-12-5-3-4-6-13(12)10-20/h12-13H,2-11H2,1H3,(H2,18,19,22)/p+1/t12-,13+/m0/s1. The number of esters is 1. The molecule has 6 nitrogen and oxygen atoms in total. The number of rotatable bonds is 4. The first kappa shape index (κ1) is 16.3. The third-order valence-electron chi connectivity index (χ3n) is 5.49. The Hall–Kier alpha value is -1.56. The molecule has 1 unspecified atom stereocenters. The van der Waals surface area contributed by atoms with Crippen molar-refractivity contribution in [3.05, 3.63) is 11.3 Å². The van der Waals surface area contributed by atoms with Crippen LogP contribution in [-0.2, 0) is 9.53 Å². The Morgan fingerprint density at radius 1 is 1.26 bits per heavy atom. The maximum Gasteiger partial charge on any atom is 0.337 e. The number of piperidine rings is 1. The highest BCUT2D eigenvalue weighted by atomic mass is 16.5. The Morgan fingerprint density at radius 2 is 2.04 bits per heavy atom. The van der Waals surface area contributed by atoms with Gasteiger partial charge in [0.1, 0.15) is 6.54 Å². The first-order valence-electron chi connectivity index (χ1n) is 8.95. The molecular weight excluding hydrogens is 294 g/mol. The summed E-state index contributed by atoms with van der Waals surface area (Å²) < 4.78 is 5.12. The predicted molar refractivity (Wildman–Crippen MR) is 85.8 cm³/mol. The topological polar surface area (TPSA) is 71.9 Å². The van der Waals surface area contributed by atoms with Gasteiger partial charge in [0.15, 0.2) is 0 Å². The SMILES string of the molecule is CCOC(=O)C1=C(C[NH+]2CC[C@@H]3CCCC[C@@H]3C2)NC(=O)NC1. The lowest BCUT2D eigenvalue weighted by molar-refractivity contribution is -0.906. The maximum atomic E-state index is 12.1. The zero-order valence-corrected chi connectivity index (χ0v) is 14.0. The average Bonchev–Trinajstić information content (AvgIpc) is 2.55. The van der Waals surface area contributed by atoms with E-state index >= 15 is 0 Å². The van der Waals surface area contributed by atoms with Crippen molar-refractivity contribution in [3.8, 4) is 0 Å². The zero-order chi connectivity index (χ0) is 16.2. The Kier molecular flexibility index (Phi) is 5.20. The van der Waals surface area contributed by atoms with Crippen LogP contribution in [0.3, 0.4) is 0 Å². The number of hydrogen-bond donors (Lipinski definition) is 3. The molecule has 2 aliphatic heterocycles. The Morgan fingerprint density at radius 3 is 2.83 bits per heavy atom. The molecule has 0 bridgehead atoms. The minimum atomic E-state index is -0.318. The van der Waals surface area contributed by atoms with Crippen LogP contribution in [0.4, 0.5) is 4.79 Å². The zero-order valence-electron chi connectivity index (χ0n) is 14.0. The molecule has 3 rings (SSSR count). The Bertz CT molecular complexity index is 503. The van der Waals surface area contributed by atoms with E-state index in [9.17, 15) is 9.59 Å². The summed E-state index contributed by atoms with van der Waals surface area (Å²) in [5.41, 5.74) is 1.32. The van der Waals surface area contributed by atoms with E-state index in [0.29, 0.717) is 18.7 Å². The fourth-order valence-corrected chi connectivity index (χ4v) is 4.30. The van der Waals surface area contributed by atoms with E-state index in [0.717, 1.165) is 30.6 Å². The molecule has 128 valence electrons. The lowest BCUT2D eigenvalue weighted by Gasteiger charge is -2.39. The van der Waals surface area contributed by atoms with Crippen molar-refractivity contribution in [1.29, 1.82) is 0 Å². The Balaban J connectivity index is 1.68. The molecule has 1 saturated carbocycles. The third-order valence-corrected chi connectivity index (χ3v) is 5.49. The highest BCUT2D eigenvalue weighted by Crippen LogP contribution is 2.32. The minimum Gasteiger partial charge on any atom is -0.463 e. The van der Waals surface area contributed by atoms with Crippen LogP contribution in [0.15, 0.2) is 11.3 Å². The molecule has 6 heteroatoms. The molecule has 3 N–H and O–H groups in total. The number of likely N-dealkylation sites (tertiary alicyclic amines) is 1. The van der Waals surface area contributed by atoms with E-state index in [2.05, 4.69) is 10.6 Å². The van der Waals surface area contributed by atoms with E-state index in [1.165, 1.54) is 37.0 Å². The monoisotopic (exact) mass is 322 g/mol. The quantitative estimate of drug-likeness (QED) is 0.648. The van der Waals surface area contributed by atoms with Crippen LogP contribution >= 0.6 is 0 Å². The number of hydrogen-bond acceptors (Lipinski definition) is 3. The van der Waals surface area contributed by atoms with E-state index in [4.69, 9.17) is 4.74 Å². The molecule has 3 atom stereocenters. The summed E-state index contributed by atoms with van der Waals surface area (Å²) in [7, 11) is 0. The third kappa shape index (κ3) is 3.86. The second-order valence-electron chi connectivity index (χ2n) is 6.96. The van der Waals surface area contributed by atoms with Crippen molar-refractivity contribution >= 4 is 12.0 Å². The fraction of sp³-hybridized carbons (Fsp3) is 0.765. The van der Waals surface area contributed by atoms with Crippen molar-refractivity contribution in [2.24, 2.45) is 11.8 Å². The molecule has 23 heavy (non-hydrogen) atoms. The van der Waals surface area contributed by atoms with Gasteiger partial charge in [-0.15, -0.1) is 0 Å². The van der Waals surface area contributed by atoms with Gasteiger partial charge in [0, 0.05) is 5.92 Å². The van der Waals surface area contributed by atoms with Gasteiger partial charge in [0.2, 0.25) is 0 Å². The van der Waals surface area contributed by atoms with Crippen LogP contribution in [0.1, 0.15) is 39.0 Å². The molecule has 2 heterocycles. The normalized spacial score (nSPS) is 31.0. The van der Waals surface area contributed by atoms with Crippen LogP contribution in [0.5, 0.6) is 0 Å². The minimum absolute atomic E-state index is 0.222. The van der Waals surface area contributed by atoms with Crippen molar-refractivity contribution in [2.45, 2.75) is 39.0 Å². The number of urea groups is 1. The maximum absolute atomic E-state index is 12.1. The van der Waals surface area contributed by atoms with Gasteiger partial charge < -0.3 is 20.3 Å². The van der Waals surface area contributed by atoms with Crippen molar-refractivity contribution in [2.75, 3.05) is 32.8 Å². The van der Waals surface area contributed by atoms with Crippen LogP contribution in [-0.4, -0.2) is 44.8 Å². The average molecular weight is 322 g/mol. The number of amides is 2. The van der Waals surface area contributed by atoms with Crippen molar-refractivity contribution in [1.82, 2.24) is 10.6 Å². The van der Waals surface area contributed by atoms with E-state index in [1.807, 2.05) is 0 Å². The summed E-state index contributed by atoms with van der Waals surface area (Å²) in [5.74, 6) is 1.40. The van der Waals surface area contributed by atoms with Gasteiger partial charge in [-0.2, -0.15) is 0 Å². The van der Waals surface area contributed by atoms with Crippen LogP contribution in [0.2, 0.25) is 0 Å². The first-order valence-corrected chi connectivity index (χ1v) is 8.95. The molecule has 0 aromatic heterocycles. The summed E-state index contributed by atoms with van der Waals surface area (Å²) in [6.07, 6.45) is 6.73. The Labute approximate surface area is 137 Å². The van der Waals surface area contributed by atoms with Gasteiger partial charge >= 0.3 is 12.0 Å². The summed E-state index contributed by atoms with van der Waals surface area (Å²) >= 11 is 0. The van der Waals surface area contributed by atoms with Crippen LogP contribution in [0.25, 0.3) is 0 Å². The highest BCUT2D eigenvalue weighted by molar-refractivity contribution is 5.93. The second-order valence-corrected chi connectivity index (χ2v) is 6.96. The van der Waals surface area contributed by atoms with Gasteiger partial charge in [-0.3, -0.25) is 0 Å². The van der Waals surface area contributed by atoms with Crippen molar-refractivity contribution in [3.63, 3.8) is 0 Å².